The molecule has 2 aromatic heterocycles. The monoisotopic (exact) mass is 387 g/mol. The Kier molecular flexibility index (Phi) is 5.56. The summed E-state index contributed by atoms with van der Waals surface area (Å²) in [7, 11) is 0. The SMILES string of the molecule is CCNc1nc(Cc2ccc(Cl)nc2)c([N+](=O)[O-])c(-c2ccccc2F)n1. The molecular formula is C18H15ClFN5O2. The molecule has 0 unspecified atom stereocenters. The Bertz CT molecular complexity index is 982. The molecule has 27 heavy (non-hydrogen) atoms. The van der Waals surface area contributed by atoms with E-state index in [0.717, 1.165) is 0 Å². The first kappa shape index (κ1) is 18.7. The molecule has 0 spiro atoms. The van der Waals surface area contributed by atoms with Crippen LogP contribution in [-0.2, 0) is 6.42 Å². The summed E-state index contributed by atoms with van der Waals surface area (Å²) in [6.07, 6.45) is 1.65. The maximum Gasteiger partial charge on any atom is 0.317 e. The van der Waals surface area contributed by atoms with Gasteiger partial charge in [-0.2, -0.15) is 0 Å². The van der Waals surface area contributed by atoms with Crippen molar-refractivity contribution in [2.75, 3.05) is 11.9 Å². The lowest BCUT2D eigenvalue weighted by Crippen LogP contribution is -2.10. The van der Waals surface area contributed by atoms with Crippen molar-refractivity contribution in [1.82, 2.24) is 15.0 Å². The van der Waals surface area contributed by atoms with E-state index >= 15 is 0 Å². The number of hydrogen-bond donors (Lipinski definition) is 1. The lowest BCUT2D eigenvalue weighted by molar-refractivity contribution is -0.385. The maximum absolute atomic E-state index is 14.3. The predicted molar refractivity (Wildman–Crippen MR) is 100 cm³/mol. The number of pyridine rings is 1. The van der Waals surface area contributed by atoms with Gasteiger partial charge in [-0.05, 0) is 30.7 Å². The van der Waals surface area contributed by atoms with Crippen LogP contribution in [0.1, 0.15) is 18.2 Å². The summed E-state index contributed by atoms with van der Waals surface area (Å²) in [4.78, 5) is 23.6. The molecule has 7 nitrogen and oxygen atoms in total. The minimum absolute atomic E-state index is 0.0428. The number of halogens is 2. The summed E-state index contributed by atoms with van der Waals surface area (Å²) in [6, 6.07) is 9.09. The summed E-state index contributed by atoms with van der Waals surface area (Å²) in [6.45, 7) is 2.35. The van der Waals surface area contributed by atoms with Crippen molar-refractivity contribution < 1.29 is 9.31 Å². The van der Waals surface area contributed by atoms with E-state index in [0.29, 0.717) is 17.3 Å². The summed E-state index contributed by atoms with van der Waals surface area (Å²) in [5.41, 5.74) is 0.482. The van der Waals surface area contributed by atoms with E-state index < -0.39 is 10.7 Å². The molecule has 0 aliphatic rings. The second-order valence-corrected chi connectivity index (χ2v) is 6.01. The number of nitrogens with zero attached hydrogens (tertiary/aromatic N) is 4. The van der Waals surface area contributed by atoms with Crippen molar-refractivity contribution in [3.8, 4) is 11.3 Å². The highest BCUT2D eigenvalue weighted by Gasteiger charge is 2.27. The van der Waals surface area contributed by atoms with Gasteiger partial charge in [-0.25, -0.2) is 19.3 Å². The van der Waals surface area contributed by atoms with E-state index in [9.17, 15) is 14.5 Å². The topological polar surface area (TPSA) is 93.8 Å². The van der Waals surface area contributed by atoms with E-state index in [1.165, 1.54) is 24.4 Å². The molecule has 3 rings (SSSR count). The fourth-order valence-corrected chi connectivity index (χ4v) is 2.71. The van der Waals surface area contributed by atoms with Gasteiger partial charge in [-0.1, -0.05) is 29.8 Å². The van der Waals surface area contributed by atoms with Crippen LogP contribution in [0.25, 0.3) is 11.3 Å². The molecule has 0 fully saturated rings. The number of rotatable bonds is 6. The molecule has 0 atom stereocenters. The van der Waals surface area contributed by atoms with Gasteiger partial charge in [0.25, 0.3) is 0 Å². The maximum atomic E-state index is 14.3. The molecule has 138 valence electrons. The van der Waals surface area contributed by atoms with E-state index in [2.05, 4.69) is 20.3 Å². The van der Waals surface area contributed by atoms with Gasteiger partial charge in [0.05, 0.1) is 4.92 Å². The zero-order valence-electron chi connectivity index (χ0n) is 14.3. The normalized spacial score (nSPS) is 10.6. The van der Waals surface area contributed by atoms with Gasteiger partial charge in [0.15, 0.2) is 5.69 Å². The first-order chi connectivity index (χ1) is 13.0. The smallest absolute Gasteiger partial charge is 0.317 e. The molecule has 1 N–H and O–H groups in total. The van der Waals surface area contributed by atoms with Crippen molar-refractivity contribution >= 4 is 23.2 Å². The molecule has 0 saturated carbocycles. The minimum atomic E-state index is -0.596. The van der Waals surface area contributed by atoms with E-state index in [1.807, 2.05) is 6.92 Å². The van der Waals surface area contributed by atoms with Crippen LogP contribution in [-0.4, -0.2) is 26.4 Å². The number of anilines is 1. The fraction of sp³-hybridized carbons (Fsp3) is 0.167. The van der Waals surface area contributed by atoms with Gasteiger partial charge < -0.3 is 5.32 Å². The van der Waals surface area contributed by atoms with Gasteiger partial charge in [0.2, 0.25) is 5.95 Å². The first-order valence-corrected chi connectivity index (χ1v) is 8.52. The Balaban J connectivity index is 2.20. The quantitative estimate of drug-likeness (QED) is 0.386. The number of nitro groups is 1. The third-order valence-electron chi connectivity index (χ3n) is 3.76. The lowest BCUT2D eigenvalue weighted by Gasteiger charge is -2.11. The second-order valence-electron chi connectivity index (χ2n) is 5.62. The average molecular weight is 388 g/mol. The van der Waals surface area contributed by atoms with Crippen LogP contribution in [0.3, 0.4) is 0 Å². The number of aromatic nitrogens is 3. The van der Waals surface area contributed by atoms with Crippen molar-refractivity contribution in [3.05, 3.63) is 74.9 Å². The number of nitrogens with one attached hydrogen (secondary N) is 1. The molecule has 1 aromatic carbocycles. The Hall–Kier alpha value is -3.13. The number of hydrogen-bond acceptors (Lipinski definition) is 6. The van der Waals surface area contributed by atoms with Gasteiger partial charge in [-0.3, -0.25) is 10.1 Å². The van der Waals surface area contributed by atoms with Crippen LogP contribution in [0.4, 0.5) is 16.0 Å². The predicted octanol–water partition coefficient (Wildman–Crippen LogP) is 4.26. The van der Waals surface area contributed by atoms with Crippen LogP contribution >= 0.6 is 11.6 Å². The fourth-order valence-electron chi connectivity index (χ4n) is 2.60. The Labute approximate surface area is 159 Å². The van der Waals surface area contributed by atoms with Crippen molar-refractivity contribution in [1.29, 1.82) is 0 Å². The van der Waals surface area contributed by atoms with Gasteiger partial charge in [-0.15, -0.1) is 0 Å². The van der Waals surface area contributed by atoms with E-state index in [-0.39, 0.29) is 35.0 Å². The molecular weight excluding hydrogens is 373 g/mol. The molecule has 0 aliphatic heterocycles. The van der Waals surface area contributed by atoms with Crippen molar-refractivity contribution in [2.24, 2.45) is 0 Å². The summed E-state index contributed by atoms with van der Waals surface area (Å²) >= 11 is 5.79. The first-order valence-electron chi connectivity index (χ1n) is 8.14. The molecule has 0 amide bonds. The number of benzene rings is 1. The Morgan fingerprint density at radius 1 is 1.22 bits per heavy atom. The van der Waals surface area contributed by atoms with Gasteiger partial charge in [0, 0.05) is 24.7 Å². The molecule has 3 aromatic rings. The van der Waals surface area contributed by atoms with Crippen LogP contribution in [0.5, 0.6) is 0 Å². The molecule has 9 heteroatoms. The van der Waals surface area contributed by atoms with Crippen LogP contribution in [0.15, 0.2) is 42.6 Å². The lowest BCUT2D eigenvalue weighted by atomic mass is 10.0. The van der Waals surface area contributed by atoms with Crippen LogP contribution in [0, 0.1) is 15.9 Å². The molecule has 0 saturated heterocycles. The summed E-state index contributed by atoms with van der Waals surface area (Å²) in [5, 5.41) is 15.0. The van der Waals surface area contributed by atoms with Gasteiger partial charge in [0.1, 0.15) is 16.7 Å². The Morgan fingerprint density at radius 2 is 2.00 bits per heavy atom. The highest BCUT2D eigenvalue weighted by molar-refractivity contribution is 6.29. The third kappa shape index (κ3) is 4.17. The second kappa shape index (κ2) is 8.05. The molecule has 0 radical (unpaired) electrons. The minimum Gasteiger partial charge on any atom is -0.354 e. The van der Waals surface area contributed by atoms with Gasteiger partial charge >= 0.3 is 5.69 Å². The summed E-state index contributed by atoms with van der Waals surface area (Å²) in [5.74, 6) is -0.404. The standard InChI is InChI=1S/C18H15ClFN5O2/c1-2-21-18-23-14(9-11-7-8-15(19)22-10-11)17(25(26)27)16(24-18)12-5-3-4-6-13(12)20/h3-8,10H,2,9H2,1H3,(H,21,23,24). The average Bonchev–Trinajstić information content (AvgIpc) is 2.63. The molecule has 0 bridgehead atoms. The summed E-state index contributed by atoms with van der Waals surface area (Å²) < 4.78 is 14.3. The highest BCUT2D eigenvalue weighted by atomic mass is 35.5. The van der Waals surface area contributed by atoms with Crippen LogP contribution in [0.2, 0.25) is 5.15 Å². The third-order valence-corrected chi connectivity index (χ3v) is 3.99. The molecule has 2 heterocycles. The zero-order valence-corrected chi connectivity index (χ0v) is 15.1. The molecule has 0 aliphatic carbocycles. The Morgan fingerprint density at radius 3 is 2.63 bits per heavy atom. The van der Waals surface area contributed by atoms with E-state index in [4.69, 9.17) is 11.6 Å². The van der Waals surface area contributed by atoms with E-state index in [1.54, 1.807) is 18.2 Å². The highest BCUT2D eigenvalue weighted by Crippen LogP contribution is 2.34. The van der Waals surface area contributed by atoms with Crippen molar-refractivity contribution in [2.45, 2.75) is 13.3 Å². The largest absolute Gasteiger partial charge is 0.354 e. The van der Waals surface area contributed by atoms with Crippen LogP contribution < -0.4 is 5.32 Å². The van der Waals surface area contributed by atoms with Crippen molar-refractivity contribution in [3.63, 3.8) is 0 Å². The zero-order chi connectivity index (χ0) is 19.4.